The van der Waals surface area contributed by atoms with Crippen LogP contribution in [0.25, 0.3) is 0 Å². The molecule has 5 nitrogen and oxygen atoms in total. The molecule has 1 amide bonds. The van der Waals surface area contributed by atoms with Gasteiger partial charge in [0.1, 0.15) is 11.4 Å². The van der Waals surface area contributed by atoms with Crippen LogP contribution in [0.1, 0.15) is 28.7 Å². The summed E-state index contributed by atoms with van der Waals surface area (Å²) >= 11 is 0.308. The number of aromatic nitrogens is 1. The number of carboxylic acid groups (broad SMARTS) is 1. The average Bonchev–Trinajstić information content (AvgIpc) is 2.75. The van der Waals surface area contributed by atoms with Gasteiger partial charge in [-0.15, -0.1) is 11.3 Å². The average molecular weight is 296 g/mol. The summed E-state index contributed by atoms with van der Waals surface area (Å²) in [5, 5.41) is 8.65. The van der Waals surface area contributed by atoms with E-state index in [-0.39, 0.29) is 6.54 Å². The number of alkyl halides is 3. The summed E-state index contributed by atoms with van der Waals surface area (Å²) in [4.78, 5) is 25.7. The fourth-order valence-electron chi connectivity index (χ4n) is 1.43. The Morgan fingerprint density at radius 3 is 2.58 bits per heavy atom. The normalized spacial score (nSPS) is 11.4. The minimum absolute atomic E-state index is 0.0555. The second kappa shape index (κ2) is 6.00. The molecular formula is C10H11F3N2O3S. The predicted octanol–water partition coefficient (Wildman–Crippen LogP) is 2.10. The van der Waals surface area contributed by atoms with Crippen LogP contribution in [0.5, 0.6) is 0 Å². The van der Waals surface area contributed by atoms with Crippen LogP contribution < -0.4 is 0 Å². The number of halogens is 3. The van der Waals surface area contributed by atoms with E-state index in [1.54, 1.807) is 6.92 Å². The van der Waals surface area contributed by atoms with Gasteiger partial charge in [-0.25, -0.2) is 4.98 Å². The van der Waals surface area contributed by atoms with Crippen LogP contribution >= 0.6 is 11.3 Å². The highest BCUT2D eigenvalue weighted by Crippen LogP contribution is 2.35. The molecule has 0 aromatic carbocycles. The van der Waals surface area contributed by atoms with Crippen molar-refractivity contribution in [2.45, 2.75) is 19.5 Å². The van der Waals surface area contributed by atoms with Gasteiger partial charge in [-0.05, 0) is 6.42 Å². The molecule has 0 saturated carbocycles. The zero-order chi connectivity index (χ0) is 14.6. The van der Waals surface area contributed by atoms with E-state index in [0.29, 0.717) is 17.8 Å². The maximum Gasteiger partial charge on any atom is 0.427 e. The van der Waals surface area contributed by atoms with E-state index in [9.17, 15) is 22.8 Å². The van der Waals surface area contributed by atoms with E-state index >= 15 is 0 Å². The zero-order valence-electron chi connectivity index (χ0n) is 9.90. The lowest BCUT2D eigenvalue weighted by atomic mass is 10.3. The van der Waals surface area contributed by atoms with Crippen LogP contribution in [-0.2, 0) is 11.0 Å². The molecule has 1 aromatic heterocycles. The van der Waals surface area contributed by atoms with E-state index in [0.717, 1.165) is 10.4 Å². The molecule has 1 N–H and O–H groups in total. The van der Waals surface area contributed by atoms with Crippen molar-refractivity contribution in [1.82, 2.24) is 9.88 Å². The lowest BCUT2D eigenvalue weighted by Gasteiger charge is -2.19. The molecule has 0 aliphatic rings. The van der Waals surface area contributed by atoms with Crippen LogP contribution in [0.15, 0.2) is 5.51 Å². The van der Waals surface area contributed by atoms with Gasteiger partial charge in [0, 0.05) is 6.54 Å². The molecule has 9 heteroatoms. The molecule has 0 spiro atoms. The maximum absolute atomic E-state index is 12.6. The Morgan fingerprint density at radius 2 is 2.11 bits per heavy atom. The Morgan fingerprint density at radius 1 is 1.47 bits per heavy atom. The lowest BCUT2D eigenvalue weighted by Crippen LogP contribution is -2.37. The Kier molecular flexibility index (Phi) is 4.87. The Hall–Kier alpha value is -1.64. The minimum atomic E-state index is -4.67. The molecule has 0 bridgehead atoms. The van der Waals surface area contributed by atoms with Crippen LogP contribution in [0.2, 0.25) is 0 Å². The van der Waals surface area contributed by atoms with E-state index in [1.165, 1.54) is 0 Å². The summed E-state index contributed by atoms with van der Waals surface area (Å²) in [7, 11) is 0. The third kappa shape index (κ3) is 3.91. The molecule has 0 unspecified atom stereocenters. The predicted molar refractivity (Wildman–Crippen MR) is 60.9 cm³/mol. The number of aliphatic carboxylic acids is 1. The van der Waals surface area contributed by atoms with Gasteiger partial charge in [0.05, 0.1) is 5.51 Å². The molecule has 1 rings (SSSR count). The van der Waals surface area contributed by atoms with E-state index in [4.69, 9.17) is 5.11 Å². The number of carbonyl (C=O) groups is 2. The highest BCUT2D eigenvalue weighted by Gasteiger charge is 2.39. The van der Waals surface area contributed by atoms with Gasteiger partial charge in [0.15, 0.2) is 5.69 Å². The van der Waals surface area contributed by atoms with Gasteiger partial charge in [-0.3, -0.25) is 9.59 Å². The Labute approximate surface area is 110 Å². The first-order chi connectivity index (χ1) is 8.77. The minimum Gasteiger partial charge on any atom is -0.480 e. The van der Waals surface area contributed by atoms with Crippen molar-refractivity contribution in [3.05, 3.63) is 16.1 Å². The third-order valence-electron chi connectivity index (χ3n) is 2.13. The molecule has 0 aliphatic carbocycles. The number of thiazole rings is 1. The van der Waals surface area contributed by atoms with Crippen LogP contribution in [0.3, 0.4) is 0 Å². The van der Waals surface area contributed by atoms with E-state index in [2.05, 4.69) is 4.98 Å². The van der Waals surface area contributed by atoms with Crippen LogP contribution in [0.4, 0.5) is 13.2 Å². The highest BCUT2D eigenvalue weighted by molar-refractivity contribution is 7.10. The van der Waals surface area contributed by atoms with Gasteiger partial charge in [-0.2, -0.15) is 13.2 Å². The molecule has 106 valence electrons. The summed E-state index contributed by atoms with van der Waals surface area (Å²) in [5.74, 6) is -2.30. The third-order valence-corrected chi connectivity index (χ3v) is 3.01. The molecule has 0 radical (unpaired) electrons. The van der Waals surface area contributed by atoms with Crippen molar-refractivity contribution in [3.8, 4) is 0 Å². The summed E-state index contributed by atoms with van der Waals surface area (Å²) in [6, 6.07) is 0. The first-order valence-corrected chi connectivity index (χ1v) is 6.17. The van der Waals surface area contributed by atoms with Crippen molar-refractivity contribution in [3.63, 3.8) is 0 Å². The largest absolute Gasteiger partial charge is 0.480 e. The molecular weight excluding hydrogens is 285 g/mol. The van der Waals surface area contributed by atoms with Gasteiger partial charge in [0.2, 0.25) is 0 Å². The van der Waals surface area contributed by atoms with Crippen molar-refractivity contribution >= 4 is 23.2 Å². The zero-order valence-corrected chi connectivity index (χ0v) is 10.7. The molecule has 0 aliphatic heterocycles. The van der Waals surface area contributed by atoms with Crippen molar-refractivity contribution in [2.75, 3.05) is 13.1 Å². The summed E-state index contributed by atoms with van der Waals surface area (Å²) in [6.45, 7) is 1.09. The molecule has 0 fully saturated rings. The van der Waals surface area contributed by atoms with Gasteiger partial charge in [-0.1, -0.05) is 6.92 Å². The standard InChI is InChI=1S/C10H11F3N2O3S/c1-2-3-15(4-6(16)17)9(18)7-8(10(11,12)13)19-5-14-7/h5H,2-4H2,1H3,(H,16,17). The number of hydrogen-bond donors (Lipinski definition) is 1. The Balaban J connectivity index is 3.03. The molecule has 0 saturated heterocycles. The van der Waals surface area contributed by atoms with Gasteiger partial charge < -0.3 is 10.0 Å². The number of hydrogen-bond acceptors (Lipinski definition) is 4. The second-order valence-corrected chi connectivity index (χ2v) is 4.50. The van der Waals surface area contributed by atoms with Crippen molar-refractivity contribution in [2.24, 2.45) is 0 Å². The number of carboxylic acids is 1. The molecule has 1 heterocycles. The number of rotatable bonds is 5. The number of amides is 1. The smallest absolute Gasteiger partial charge is 0.427 e. The summed E-state index contributed by atoms with van der Waals surface area (Å²) in [5.41, 5.74) is 0.174. The van der Waals surface area contributed by atoms with E-state index in [1.807, 2.05) is 0 Å². The van der Waals surface area contributed by atoms with Gasteiger partial charge >= 0.3 is 12.1 Å². The Bertz CT molecular complexity index is 473. The summed E-state index contributed by atoms with van der Waals surface area (Å²) < 4.78 is 37.9. The highest BCUT2D eigenvalue weighted by atomic mass is 32.1. The topological polar surface area (TPSA) is 70.5 Å². The number of nitrogens with zero attached hydrogens (tertiary/aromatic N) is 2. The van der Waals surface area contributed by atoms with E-state index < -0.39 is 35.2 Å². The van der Waals surface area contributed by atoms with Crippen molar-refractivity contribution in [1.29, 1.82) is 0 Å². The lowest BCUT2D eigenvalue weighted by molar-refractivity contribution is -0.137. The van der Waals surface area contributed by atoms with Gasteiger partial charge in [0.25, 0.3) is 5.91 Å². The quantitative estimate of drug-likeness (QED) is 0.903. The first kappa shape index (κ1) is 15.4. The van der Waals surface area contributed by atoms with Crippen LogP contribution in [-0.4, -0.2) is 40.0 Å². The fourth-order valence-corrected chi connectivity index (χ4v) is 2.08. The fraction of sp³-hybridized carbons (Fsp3) is 0.500. The van der Waals surface area contributed by atoms with Crippen LogP contribution in [0, 0.1) is 0 Å². The summed E-state index contributed by atoms with van der Waals surface area (Å²) in [6.07, 6.45) is -4.24. The maximum atomic E-state index is 12.6. The second-order valence-electron chi connectivity index (χ2n) is 3.65. The molecule has 0 atom stereocenters. The SMILES string of the molecule is CCCN(CC(=O)O)C(=O)c1ncsc1C(F)(F)F. The number of carbonyl (C=O) groups excluding carboxylic acids is 1. The monoisotopic (exact) mass is 296 g/mol. The first-order valence-electron chi connectivity index (χ1n) is 5.29. The van der Waals surface area contributed by atoms with Crippen molar-refractivity contribution < 1.29 is 27.9 Å². The molecule has 19 heavy (non-hydrogen) atoms. The molecule has 1 aromatic rings.